The quantitative estimate of drug-likeness (QED) is 0.531. The van der Waals surface area contributed by atoms with Gasteiger partial charge in [-0.25, -0.2) is 9.67 Å². The van der Waals surface area contributed by atoms with Gasteiger partial charge in [-0.1, -0.05) is 6.08 Å². The van der Waals surface area contributed by atoms with Gasteiger partial charge in [0.25, 0.3) is 0 Å². The summed E-state index contributed by atoms with van der Waals surface area (Å²) >= 11 is 0. The largest absolute Gasteiger partial charge is 0.246 e. The minimum absolute atomic E-state index is 0.863. The van der Waals surface area contributed by atoms with Crippen molar-refractivity contribution in [3.8, 4) is 0 Å². The van der Waals surface area contributed by atoms with Crippen molar-refractivity contribution in [1.29, 1.82) is 0 Å². The lowest BCUT2D eigenvalue weighted by atomic mass is 10.3. The zero-order valence-electron chi connectivity index (χ0n) is 5.91. The van der Waals surface area contributed by atoms with Crippen LogP contribution in [-0.4, -0.2) is 14.8 Å². The molecule has 10 heavy (non-hydrogen) atoms. The van der Waals surface area contributed by atoms with Crippen molar-refractivity contribution in [3.05, 3.63) is 17.7 Å². The van der Waals surface area contributed by atoms with Crippen molar-refractivity contribution < 1.29 is 0 Å². The van der Waals surface area contributed by atoms with E-state index in [2.05, 4.69) is 16.2 Å². The first-order valence-electron chi connectivity index (χ1n) is 3.44. The monoisotopic (exact) mass is 135 g/mol. The lowest BCUT2D eigenvalue weighted by molar-refractivity contribution is 0.603. The van der Waals surface area contributed by atoms with Gasteiger partial charge < -0.3 is 0 Å². The first kappa shape index (κ1) is 5.65. The zero-order valence-corrected chi connectivity index (χ0v) is 5.91. The van der Waals surface area contributed by atoms with Crippen LogP contribution in [0.5, 0.6) is 0 Å². The third kappa shape index (κ3) is 0.744. The van der Waals surface area contributed by atoms with E-state index in [1.54, 1.807) is 0 Å². The highest BCUT2D eigenvalue weighted by Crippen LogP contribution is 2.07. The maximum Gasteiger partial charge on any atom is 0.150 e. The predicted octanol–water partition coefficient (Wildman–Crippen LogP) is 1.00. The van der Waals surface area contributed by atoms with Gasteiger partial charge in [0, 0.05) is 6.54 Å². The molecular weight excluding hydrogens is 126 g/mol. The summed E-state index contributed by atoms with van der Waals surface area (Å²) in [5.74, 6) is 1.85. The van der Waals surface area contributed by atoms with Crippen LogP contribution in [-0.2, 0) is 6.54 Å². The van der Waals surface area contributed by atoms with Crippen molar-refractivity contribution in [2.45, 2.75) is 19.9 Å². The number of aromatic nitrogens is 3. The van der Waals surface area contributed by atoms with Gasteiger partial charge in [-0.15, -0.1) is 0 Å². The Hall–Kier alpha value is -1.12. The van der Waals surface area contributed by atoms with E-state index in [-0.39, 0.29) is 0 Å². The Labute approximate surface area is 59.4 Å². The first-order valence-corrected chi connectivity index (χ1v) is 3.44. The Morgan fingerprint density at radius 2 is 2.50 bits per heavy atom. The van der Waals surface area contributed by atoms with E-state index < -0.39 is 0 Å². The van der Waals surface area contributed by atoms with Crippen LogP contribution in [0.25, 0.3) is 6.08 Å². The topological polar surface area (TPSA) is 30.7 Å². The van der Waals surface area contributed by atoms with Gasteiger partial charge in [0.15, 0.2) is 5.82 Å². The number of aryl methyl sites for hydroxylation is 2. The summed E-state index contributed by atoms with van der Waals surface area (Å²) in [6.07, 6.45) is 5.22. The average molecular weight is 135 g/mol. The minimum Gasteiger partial charge on any atom is -0.246 e. The van der Waals surface area contributed by atoms with E-state index in [9.17, 15) is 0 Å². The van der Waals surface area contributed by atoms with Crippen LogP contribution in [0.4, 0.5) is 0 Å². The van der Waals surface area contributed by atoms with Crippen molar-refractivity contribution in [2.24, 2.45) is 0 Å². The van der Waals surface area contributed by atoms with Gasteiger partial charge in [-0.2, -0.15) is 5.10 Å². The molecule has 0 unspecified atom stereocenters. The third-order valence-corrected chi connectivity index (χ3v) is 1.58. The highest BCUT2D eigenvalue weighted by Gasteiger charge is 2.05. The summed E-state index contributed by atoms with van der Waals surface area (Å²) < 4.78 is 1.94. The molecule has 0 bridgehead atoms. The second kappa shape index (κ2) is 1.94. The van der Waals surface area contributed by atoms with Crippen LogP contribution in [0.3, 0.4) is 0 Å². The van der Waals surface area contributed by atoms with Crippen molar-refractivity contribution in [2.75, 3.05) is 0 Å². The molecule has 0 N–H and O–H groups in total. The first-order chi connectivity index (χ1) is 4.86. The van der Waals surface area contributed by atoms with E-state index in [0.717, 1.165) is 24.6 Å². The molecule has 0 atom stereocenters. The molecule has 2 heterocycles. The molecular formula is C7H9N3. The average Bonchev–Trinajstić information content (AvgIpc) is 2.27. The van der Waals surface area contributed by atoms with Crippen LogP contribution in [0.2, 0.25) is 0 Å². The van der Waals surface area contributed by atoms with E-state index in [1.165, 1.54) is 0 Å². The zero-order chi connectivity index (χ0) is 6.97. The van der Waals surface area contributed by atoms with Gasteiger partial charge in [0.1, 0.15) is 5.82 Å². The van der Waals surface area contributed by atoms with Crippen molar-refractivity contribution in [3.63, 3.8) is 0 Å². The van der Waals surface area contributed by atoms with E-state index in [1.807, 2.05) is 17.7 Å². The van der Waals surface area contributed by atoms with E-state index in [4.69, 9.17) is 0 Å². The van der Waals surface area contributed by atoms with Gasteiger partial charge in [0.2, 0.25) is 0 Å². The number of hydrogen-bond donors (Lipinski definition) is 0. The van der Waals surface area contributed by atoms with Crippen LogP contribution in [0.1, 0.15) is 18.1 Å². The van der Waals surface area contributed by atoms with Crippen LogP contribution in [0, 0.1) is 6.92 Å². The molecule has 0 aromatic carbocycles. The Morgan fingerprint density at radius 1 is 1.60 bits per heavy atom. The molecule has 1 aliphatic heterocycles. The maximum absolute atomic E-state index is 4.22. The number of hydrogen-bond acceptors (Lipinski definition) is 2. The molecule has 1 aromatic rings. The highest BCUT2D eigenvalue weighted by molar-refractivity contribution is 5.41. The summed E-state index contributed by atoms with van der Waals surface area (Å²) in [7, 11) is 0. The summed E-state index contributed by atoms with van der Waals surface area (Å²) in [6.45, 7) is 2.89. The molecule has 0 fully saturated rings. The summed E-state index contributed by atoms with van der Waals surface area (Å²) in [6, 6.07) is 0. The normalized spacial score (nSPS) is 15.3. The Balaban J connectivity index is 2.53. The van der Waals surface area contributed by atoms with Gasteiger partial charge in [0.05, 0.1) is 0 Å². The molecule has 52 valence electrons. The lowest BCUT2D eigenvalue weighted by Crippen LogP contribution is -2.04. The van der Waals surface area contributed by atoms with E-state index in [0.29, 0.717) is 0 Å². The van der Waals surface area contributed by atoms with Gasteiger partial charge in [-0.05, 0) is 19.4 Å². The Bertz CT molecular complexity index is 272. The summed E-state index contributed by atoms with van der Waals surface area (Å²) in [5, 5.41) is 4.21. The lowest BCUT2D eigenvalue weighted by Gasteiger charge is -2.03. The smallest absolute Gasteiger partial charge is 0.150 e. The number of allylic oxidation sites excluding steroid dienone is 1. The van der Waals surface area contributed by atoms with Gasteiger partial charge >= 0.3 is 0 Å². The SMILES string of the molecule is Cc1nc2n(n1)CCC=C2. The Morgan fingerprint density at radius 3 is 3.30 bits per heavy atom. The summed E-state index contributed by atoms with van der Waals surface area (Å²) in [5.41, 5.74) is 0. The second-order valence-corrected chi connectivity index (χ2v) is 2.43. The molecule has 1 aromatic heterocycles. The number of nitrogens with zero attached hydrogens (tertiary/aromatic N) is 3. The molecule has 0 spiro atoms. The number of fused-ring (bicyclic) bond motifs is 1. The molecule has 0 radical (unpaired) electrons. The predicted molar refractivity (Wildman–Crippen MR) is 38.4 cm³/mol. The third-order valence-electron chi connectivity index (χ3n) is 1.58. The second-order valence-electron chi connectivity index (χ2n) is 2.43. The fraction of sp³-hybridized carbons (Fsp3) is 0.429. The molecule has 2 rings (SSSR count). The van der Waals surface area contributed by atoms with Crippen molar-refractivity contribution >= 4 is 6.08 Å². The molecule has 3 heteroatoms. The minimum atomic E-state index is 0.863. The highest BCUT2D eigenvalue weighted by atomic mass is 15.3. The van der Waals surface area contributed by atoms with Crippen LogP contribution >= 0.6 is 0 Å². The van der Waals surface area contributed by atoms with E-state index >= 15 is 0 Å². The standard InChI is InChI=1S/C7H9N3/c1-6-8-7-4-2-3-5-10(7)9-6/h2,4H,3,5H2,1H3. The van der Waals surface area contributed by atoms with Gasteiger partial charge in [-0.3, -0.25) is 0 Å². The molecule has 3 nitrogen and oxygen atoms in total. The fourth-order valence-electron chi connectivity index (χ4n) is 1.15. The molecule has 0 aliphatic carbocycles. The number of rotatable bonds is 0. The van der Waals surface area contributed by atoms with Crippen molar-refractivity contribution in [1.82, 2.24) is 14.8 Å². The molecule has 0 saturated heterocycles. The summed E-state index contributed by atoms with van der Waals surface area (Å²) in [4.78, 5) is 4.22. The molecule has 0 amide bonds. The fourth-order valence-corrected chi connectivity index (χ4v) is 1.15. The molecule has 1 aliphatic rings. The van der Waals surface area contributed by atoms with Crippen LogP contribution in [0.15, 0.2) is 6.08 Å². The molecule has 0 saturated carbocycles. The Kier molecular flexibility index (Phi) is 1.09. The maximum atomic E-state index is 4.22. The van der Waals surface area contributed by atoms with Crippen LogP contribution < -0.4 is 0 Å².